The van der Waals surface area contributed by atoms with Crippen LogP contribution >= 0.6 is 15.9 Å². The van der Waals surface area contributed by atoms with Gasteiger partial charge in [-0.05, 0) is 6.07 Å². The van der Waals surface area contributed by atoms with Gasteiger partial charge in [0, 0.05) is 24.7 Å². The number of alkyl halides is 1. The number of ether oxygens (including phenoxy) is 2. The molecule has 0 radical (unpaired) electrons. The predicted octanol–water partition coefficient (Wildman–Crippen LogP) is -1.31. The second kappa shape index (κ2) is 8.58. The molecule has 0 aliphatic rings. The second-order valence-corrected chi connectivity index (χ2v) is 4.16. The summed E-state index contributed by atoms with van der Waals surface area (Å²) in [6.45, 7) is 2.48. The Bertz CT molecular complexity index is 463. The number of hydrogen-bond acceptors (Lipinski definition) is 5. The number of esters is 2. The topological polar surface area (TPSA) is 75.7 Å². The zero-order chi connectivity index (χ0) is 13.7. The molecule has 0 aromatic heterocycles. The fourth-order valence-corrected chi connectivity index (χ4v) is 1.91. The number of rotatable bonds is 4. The number of carbonyl (C=O) groups is 2. The molecule has 0 saturated heterocycles. The Morgan fingerprint density at radius 1 is 1.32 bits per heavy atom. The van der Waals surface area contributed by atoms with E-state index in [9.17, 15) is 14.7 Å². The Kier molecular flexibility index (Phi) is 8.33. The van der Waals surface area contributed by atoms with Gasteiger partial charge in [0.25, 0.3) is 0 Å². The number of halogens is 1. The van der Waals surface area contributed by atoms with Gasteiger partial charge >= 0.3 is 41.5 Å². The van der Waals surface area contributed by atoms with Gasteiger partial charge in [-0.1, -0.05) is 33.8 Å². The minimum atomic E-state index is -0.787. The third kappa shape index (κ3) is 5.52. The SMILES string of the molecule is CC(=O)Oc1cccc([O-])c1C(CBr)OC(C)=O.[Na+]. The number of benzene rings is 1. The molecular weight excluding hydrogens is 327 g/mol. The maximum absolute atomic E-state index is 11.8. The molecule has 0 fully saturated rings. The zero-order valence-electron chi connectivity index (χ0n) is 10.9. The summed E-state index contributed by atoms with van der Waals surface area (Å²) in [7, 11) is 0. The Labute approximate surface area is 141 Å². The van der Waals surface area contributed by atoms with Crippen LogP contribution in [0.3, 0.4) is 0 Å². The van der Waals surface area contributed by atoms with Gasteiger partial charge in [0.1, 0.15) is 11.9 Å². The molecule has 7 heteroatoms. The minimum Gasteiger partial charge on any atom is -0.872 e. The van der Waals surface area contributed by atoms with E-state index in [4.69, 9.17) is 9.47 Å². The van der Waals surface area contributed by atoms with E-state index in [-0.39, 0.29) is 51.9 Å². The van der Waals surface area contributed by atoms with E-state index in [1.165, 1.54) is 32.0 Å². The summed E-state index contributed by atoms with van der Waals surface area (Å²) in [6, 6.07) is 4.28. The van der Waals surface area contributed by atoms with Crippen molar-refractivity contribution in [3.63, 3.8) is 0 Å². The molecular formula is C12H12BrNaO5. The van der Waals surface area contributed by atoms with Crippen LogP contribution in [0.25, 0.3) is 0 Å². The summed E-state index contributed by atoms with van der Waals surface area (Å²) < 4.78 is 9.95. The Balaban J connectivity index is 0.00000324. The second-order valence-electron chi connectivity index (χ2n) is 3.51. The monoisotopic (exact) mass is 338 g/mol. The zero-order valence-corrected chi connectivity index (χ0v) is 14.5. The minimum absolute atomic E-state index is 0. The van der Waals surface area contributed by atoms with Crippen molar-refractivity contribution in [2.75, 3.05) is 5.33 Å². The van der Waals surface area contributed by atoms with Crippen LogP contribution in [0, 0.1) is 0 Å². The fourth-order valence-electron chi connectivity index (χ4n) is 1.45. The first-order chi connectivity index (χ1) is 8.45. The first kappa shape index (κ1) is 18.4. The molecule has 0 heterocycles. The van der Waals surface area contributed by atoms with E-state index in [0.29, 0.717) is 0 Å². The summed E-state index contributed by atoms with van der Waals surface area (Å²) in [5.74, 6) is -1.30. The van der Waals surface area contributed by atoms with Crippen LogP contribution in [0.1, 0.15) is 25.5 Å². The normalized spacial score (nSPS) is 11.1. The molecule has 1 aromatic rings. The van der Waals surface area contributed by atoms with Crippen molar-refractivity contribution in [3.8, 4) is 11.5 Å². The van der Waals surface area contributed by atoms with Crippen LogP contribution in [-0.2, 0) is 14.3 Å². The third-order valence-corrected chi connectivity index (χ3v) is 2.64. The van der Waals surface area contributed by atoms with Crippen molar-refractivity contribution in [3.05, 3.63) is 23.8 Å². The summed E-state index contributed by atoms with van der Waals surface area (Å²) >= 11 is 3.16. The quantitative estimate of drug-likeness (QED) is 0.295. The molecule has 5 nitrogen and oxygen atoms in total. The summed E-state index contributed by atoms with van der Waals surface area (Å²) in [6.07, 6.45) is -0.787. The molecule has 1 atom stereocenters. The molecule has 0 bridgehead atoms. The summed E-state index contributed by atoms with van der Waals surface area (Å²) in [4.78, 5) is 21.9. The molecule has 1 unspecified atom stereocenters. The van der Waals surface area contributed by atoms with Crippen molar-refractivity contribution in [1.82, 2.24) is 0 Å². The average Bonchev–Trinajstić information content (AvgIpc) is 2.25. The van der Waals surface area contributed by atoms with E-state index < -0.39 is 18.0 Å². The van der Waals surface area contributed by atoms with Crippen LogP contribution in [0.2, 0.25) is 0 Å². The van der Waals surface area contributed by atoms with Crippen molar-refractivity contribution in [2.45, 2.75) is 20.0 Å². The van der Waals surface area contributed by atoms with E-state index >= 15 is 0 Å². The molecule has 0 spiro atoms. The van der Waals surface area contributed by atoms with Gasteiger partial charge < -0.3 is 14.6 Å². The van der Waals surface area contributed by atoms with Gasteiger partial charge in [-0.3, -0.25) is 9.59 Å². The van der Waals surface area contributed by atoms with Crippen molar-refractivity contribution < 1.29 is 53.7 Å². The molecule has 1 aromatic carbocycles. The number of hydrogen-bond donors (Lipinski definition) is 0. The van der Waals surface area contributed by atoms with E-state index in [2.05, 4.69) is 15.9 Å². The molecule has 1 rings (SSSR count). The van der Waals surface area contributed by atoms with E-state index in [1.54, 1.807) is 0 Å². The largest absolute Gasteiger partial charge is 1.00 e. The Morgan fingerprint density at radius 3 is 2.42 bits per heavy atom. The predicted molar refractivity (Wildman–Crippen MR) is 65.5 cm³/mol. The molecule has 0 saturated carbocycles. The smallest absolute Gasteiger partial charge is 0.872 e. The molecule has 0 N–H and O–H groups in total. The van der Waals surface area contributed by atoms with Crippen molar-refractivity contribution >= 4 is 27.9 Å². The molecule has 0 amide bonds. The first-order valence-corrected chi connectivity index (χ1v) is 6.29. The van der Waals surface area contributed by atoms with Crippen LogP contribution in [0.5, 0.6) is 11.5 Å². The Hall–Kier alpha value is -0.560. The molecule has 0 aliphatic heterocycles. The maximum atomic E-state index is 11.8. The summed E-state index contributed by atoms with van der Waals surface area (Å²) in [5.41, 5.74) is 0.153. The fraction of sp³-hybridized carbons (Fsp3) is 0.333. The van der Waals surface area contributed by atoms with E-state index in [0.717, 1.165) is 0 Å². The maximum Gasteiger partial charge on any atom is 1.00 e. The molecule has 0 aliphatic carbocycles. The van der Waals surface area contributed by atoms with Crippen molar-refractivity contribution in [2.24, 2.45) is 0 Å². The van der Waals surface area contributed by atoms with Gasteiger partial charge in [-0.25, -0.2) is 0 Å². The van der Waals surface area contributed by atoms with Crippen molar-refractivity contribution in [1.29, 1.82) is 0 Å². The van der Waals surface area contributed by atoms with Gasteiger partial charge in [-0.2, -0.15) is 0 Å². The third-order valence-electron chi connectivity index (χ3n) is 2.05. The first-order valence-electron chi connectivity index (χ1n) is 5.17. The summed E-state index contributed by atoms with van der Waals surface area (Å²) in [5, 5.41) is 12.0. The van der Waals surface area contributed by atoms with Crippen LogP contribution in [0.4, 0.5) is 0 Å². The van der Waals surface area contributed by atoms with Gasteiger partial charge in [0.15, 0.2) is 0 Å². The standard InChI is InChI=1S/C12H13BrO5.Na/c1-7(14)17-10-5-3-4-9(16)12(10)11(6-13)18-8(2)15;/h3-5,11,16H,6H2,1-2H3;/q;+1/p-1. The van der Waals surface area contributed by atoms with E-state index in [1.807, 2.05) is 0 Å². The Morgan fingerprint density at radius 2 is 1.95 bits per heavy atom. The van der Waals surface area contributed by atoms with Crippen LogP contribution in [-0.4, -0.2) is 17.3 Å². The van der Waals surface area contributed by atoms with Gasteiger partial charge in [-0.15, -0.1) is 0 Å². The average molecular weight is 339 g/mol. The molecule has 19 heavy (non-hydrogen) atoms. The van der Waals surface area contributed by atoms with Gasteiger partial charge in [0.05, 0.1) is 0 Å². The van der Waals surface area contributed by atoms with Gasteiger partial charge in [0.2, 0.25) is 0 Å². The van der Waals surface area contributed by atoms with Crippen LogP contribution in [0.15, 0.2) is 18.2 Å². The van der Waals surface area contributed by atoms with Crippen LogP contribution < -0.4 is 39.4 Å². The number of carbonyl (C=O) groups excluding carboxylic acids is 2. The molecule has 98 valence electrons.